The third-order valence-corrected chi connectivity index (χ3v) is 4.77. The smallest absolute Gasteiger partial charge is 0.226 e. The molecule has 0 aliphatic heterocycles. The highest BCUT2D eigenvalue weighted by molar-refractivity contribution is 5.84. The monoisotopic (exact) mass is 398 g/mol. The Kier molecular flexibility index (Phi) is 5.93. The van der Waals surface area contributed by atoms with E-state index in [-0.39, 0.29) is 11.8 Å². The van der Waals surface area contributed by atoms with Crippen molar-refractivity contribution in [3.05, 3.63) is 35.7 Å². The van der Waals surface area contributed by atoms with Crippen LogP contribution in [0.2, 0.25) is 0 Å². The van der Waals surface area contributed by atoms with Gasteiger partial charge in [-0.15, -0.1) is 0 Å². The molecule has 2 aromatic heterocycles. The third kappa shape index (κ3) is 4.95. The summed E-state index contributed by atoms with van der Waals surface area (Å²) in [5.41, 5.74) is 2.27. The van der Waals surface area contributed by atoms with Crippen LogP contribution in [-0.2, 0) is 6.54 Å². The standard InChI is InChI=1S/C21H30N6O2/c1-13(2)27-12-24-16-18(23-11-15-8-6-7-14(3)17(15)28)25-20(26-19(16)27)22-10-9-21(4,5)29/h6-8,12-13,28-29H,9-11H2,1-5H3,(H2,22,23,25,26). The van der Waals surface area contributed by atoms with Gasteiger partial charge in [-0.3, -0.25) is 0 Å². The lowest BCUT2D eigenvalue weighted by atomic mass is 10.1. The lowest BCUT2D eigenvalue weighted by molar-refractivity contribution is 0.0748. The van der Waals surface area contributed by atoms with Crippen LogP contribution in [0.5, 0.6) is 5.75 Å². The molecule has 0 aliphatic carbocycles. The molecule has 0 radical (unpaired) electrons. The van der Waals surface area contributed by atoms with Crippen molar-refractivity contribution in [3.8, 4) is 5.75 Å². The van der Waals surface area contributed by atoms with Crippen LogP contribution in [-0.4, -0.2) is 41.9 Å². The van der Waals surface area contributed by atoms with E-state index in [4.69, 9.17) is 0 Å². The van der Waals surface area contributed by atoms with Crippen molar-refractivity contribution < 1.29 is 10.2 Å². The summed E-state index contributed by atoms with van der Waals surface area (Å²) in [4.78, 5) is 13.7. The Morgan fingerprint density at radius 3 is 2.62 bits per heavy atom. The second-order valence-corrected chi connectivity index (χ2v) is 8.24. The summed E-state index contributed by atoms with van der Waals surface area (Å²) in [5, 5.41) is 26.7. The number of rotatable bonds is 8. The van der Waals surface area contributed by atoms with Crippen molar-refractivity contribution >= 4 is 22.9 Å². The number of anilines is 2. The Bertz CT molecular complexity index is 991. The van der Waals surface area contributed by atoms with Gasteiger partial charge in [-0.2, -0.15) is 9.97 Å². The molecule has 0 fully saturated rings. The van der Waals surface area contributed by atoms with Crippen molar-refractivity contribution in [2.45, 2.75) is 59.2 Å². The number of aryl methyl sites for hydroxylation is 1. The van der Waals surface area contributed by atoms with Gasteiger partial charge in [0, 0.05) is 24.7 Å². The molecule has 0 atom stereocenters. The highest BCUT2D eigenvalue weighted by Gasteiger charge is 2.17. The van der Waals surface area contributed by atoms with Crippen LogP contribution in [0.4, 0.5) is 11.8 Å². The van der Waals surface area contributed by atoms with E-state index in [1.54, 1.807) is 20.2 Å². The molecule has 0 unspecified atom stereocenters. The number of aliphatic hydroxyl groups is 1. The second kappa shape index (κ2) is 8.24. The van der Waals surface area contributed by atoms with E-state index >= 15 is 0 Å². The average Bonchev–Trinajstić information content (AvgIpc) is 3.06. The average molecular weight is 399 g/mol. The zero-order valence-electron chi connectivity index (χ0n) is 17.7. The van der Waals surface area contributed by atoms with E-state index in [9.17, 15) is 10.2 Å². The molecule has 8 nitrogen and oxygen atoms in total. The summed E-state index contributed by atoms with van der Waals surface area (Å²) in [5.74, 6) is 1.35. The van der Waals surface area contributed by atoms with Gasteiger partial charge < -0.3 is 25.4 Å². The number of hydrogen-bond donors (Lipinski definition) is 4. The molecule has 1 aromatic carbocycles. The molecule has 0 bridgehead atoms. The number of nitrogens with zero attached hydrogens (tertiary/aromatic N) is 4. The van der Waals surface area contributed by atoms with Gasteiger partial charge in [0.2, 0.25) is 5.95 Å². The Balaban J connectivity index is 1.90. The summed E-state index contributed by atoms with van der Waals surface area (Å²) in [6.07, 6.45) is 2.33. The molecule has 3 rings (SSSR count). The molecule has 2 heterocycles. The number of para-hydroxylation sites is 1. The Labute approximate surface area is 171 Å². The number of hydrogen-bond acceptors (Lipinski definition) is 7. The minimum Gasteiger partial charge on any atom is -0.507 e. The lowest BCUT2D eigenvalue weighted by Crippen LogP contribution is -2.23. The molecular weight excluding hydrogens is 368 g/mol. The molecule has 8 heteroatoms. The molecule has 29 heavy (non-hydrogen) atoms. The van der Waals surface area contributed by atoms with E-state index in [0.29, 0.717) is 36.8 Å². The van der Waals surface area contributed by atoms with Crippen LogP contribution in [0, 0.1) is 6.92 Å². The van der Waals surface area contributed by atoms with Gasteiger partial charge in [-0.25, -0.2) is 4.98 Å². The van der Waals surface area contributed by atoms with Crippen molar-refractivity contribution in [3.63, 3.8) is 0 Å². The number of benzene rings is 1. The summed E-state index contributed by atoms with van der Waals surface area (Å²) >= 11 is 0. The van der Waals surface area contributed by atoms with Gasteiger partial charge in [-0.1, -0.05) is 18.2 Å². The minimum atomic E-state index is -0.763. The SMILES string of the molecule is Cc1cccc(CNc2nc(NCCC(C)(C)O)nc3c2ncn3C(C)C)c1O. The van der Waals surface area contributed by atoms with Crippen LogP contribution in [0.15, 0.2) is 24.5 Å². The van der Waals surface area contributed by atoms with Crippen LogP contribution < -0.4 is 10.6 Å². The minimum absolute atomic E-state index is 0.202. The van der Waals surface area contributed by atoms with E-state index in [1.165, 1.54) is 0 Å². The van der Waals surface area contributed by atoms with Crippen LogP contribution in [0.1, 0.15) is 51.3 Å². The molecule has 0 amide bonds. The van der Waals surface area contributed by atoms with E-state index in [0.717, 1.165) is 16.8 Å². The normalized spacial score (nSPS) is 12.0. The quantitative estimate of drug-likeness (QED) is 0.459. The zero-order valence-corrected chi connectivity index (χ0v) is 17.7. The number of fused-ring (bicyclic) bond motifs is 1. The van der Waals surface area contributed by atoms with Crippen molar-refractivity contribution in [2.75, 3.05) is 17.2 Å². The first-order chi connectivity index (χ1) is 13.7. The first kappa shape index (κ1) is 20.9. The van der Waals surface area contributed by atoms with Gasteiger partial charge in [0.25, 0.3) is 0 Å². The molecular formula is C21H30N6O2. The number of nitrogens with one attached hydrogen (secondary N) is 2. The number of phenols is 1. The zero-order chi connectivity index (χ0) is 21.2. The first-order valence-corrected chi connectivity index (χ1v) is 9.88. The fourth-order valence-corrected chi connectivity index (χ4v) is 3.02. The van der Waals surface area contributed by atoms with Gasteiger partial charge in [-0.05, 0) is 46.6 Å². The Morgan fingerprint density at radius 1 is 1.17 bits per heavy atom. The second-order valence-electron chi connectivity index (χ2n) is 8.24. The molecule has 0 spiro atoms. The van der Waals surface area contributed by atoms with Gasteiger partial charge in [0.15, 0.2) is 17.0 Å². The third-order valence-electron chi connectivity index (χ3n) is 4.77. The highest BCUT2D eigenvalue weighted by atomic mass is 16.3. The van der Waals surface area contributed by atoms with E-state index in [2.05, 4.69) is 39.4 Å². The van der Waals surface area contributed by atoms with E-state index in [1.807, 2.05) is 29.7 Å². The fraction of sp³-hybridized carbons (Fsp3) is 0.476. The first-order valence-electron chi connectivity index (χ1n) is 9.88. The highest BCUT2D eigenvalue weighted by Crippen LogP contribution is 2.26. The number of aromatic hydroxyl groups is 1. The van der Waals surface area contributed by atoms with Crippen LogP contribution in [0.25, 0.3) is 11.2 Å². The Hall–Kier alpha value is -2.87. The molecule has 156 valence electrons. The van der Waals surface area contributed by atoms with Crippen LogP contribution >= 0.6 is 0 Å². The maximum Gasteiger partial charge on any atom is 0.226 e. The van der Waals surface area contributed by atoms with E-state index < -0.39 is 5.60 Å². The largest absolute Gasteiger partial charge is 0.507 e. The summed E-state index contributed by atoms with van der Waals surface area (Å²) in [7, 11) is 0. The van der Waals surface area contributed by atoms with Gasteiger partial charge in [0.05, 0.1) is 11.9 Å². The maximum absolute atomic E-state index is 10.3. The van der Waals surface area contributed by atoms with Crippen molar-refractivity contribution in [2.24, 2.45) is 0 Å². The summed E-state index contributed by atoms with van der Waals surface area (Å²) in [6, 6.07) is 5.87. The predicted molar refractivity (Wildman–Crippen MR) is 115 cm³/mol. The topological polar surface area (TPSA) is 108 Å². The molecule has 0 aliphatic rings. The van der Waals surface area contributed by atoms with Gasteiger partial charge >= 0.3 is 0 Å². The summed E-state index contributed by atoms with van der Waals surface area (Å²) in [6.45, 7) is 10.5. The van der Waals surface area contributed by atoms with Gasteiger partial charge in [0.1, 0.15) is 5.75 Å². The number of imidazole rings is 1. The fourth-order valence-electron chi connectivity index (χ4n) is 3.02. The molecule has 0 saturated carbocycles. The number of aromatic nitrogens is 4. The summed E-state index contributed by atoms with van der Waals surface area (Å²) < 4.78 is 1.99. The predicted octanol–water partition coefficient (Wildman–Crippen LogP) is 3.61. The molecule has 0 saturated heterocycles. The van der Waals surface area contributed by atoms with Crippen molar-refractivity contribution in [1.82, 2.24) is 19.5 Å². The lowest BCUT2D eigenvalue weighted by Gasteiger charge is -2.17. The molecule has 3 aromatic rings. The van der Waals surface area contributed by atoms with Crippen LogP contribution in [0.3, 0.4) is 0 Å². The Morgan fingerprint density at radius 2 is 1.93 bits per heavy atom. The van der Waals surface area contributed by atoms with Crippen molar-refractivity contribution in [1.29, 1.82) is 0 Å². The number of phenolic OH excluding ortho intramolecular Hbond substituents is 1. The molecule has 4 N–H and O–H groups in total. The maximum atomic E-state index is 10.3.